The molecule has 112 valence electrons. The fourth-order valence-corrected chi connectivity index (χ4v) is 2.30. The summed E-state index contributed by atoms with van der Waals surface area (Å²) in [7, 11) is 3.19. The third-order valence-corrected chi connectivity index (χ3v) is 3.35. The minimum atomic E-state index is -0.507. The molecule has 2 aromatic heterocycles. The molecule has 0 aliphatic heterocycles. The van der Waals surface area contributed by atoms with Crippen LogP contribution in [-0.2, 0) is 0 Å². The summed E-state index contributed by atoms with van der Waals surface area (Å²) in [5.74, 6) is 0.993. The number of ether oxygens (including phenoxy) is 1. The first-order valence-corrected chi connectivity index (χ1v) is 6.79. The summed E-state index contributed by atoms with van der Waals surface area (Å²) in [6.07, 6.45) is 1.51. The quantitative estimate of drug-likeness (QED) is 0.794. The Morgan fingerprint density at radius 3 is 2.82 bits per heavy atom. The predicted octanol–water partition coefficient (Wildman–Crippen LogP) is 1.88. The maximum absolute atomic E-state index is 12.4. The van der Waals surface area contributed by atoms with Crippen LogP contribution >= 0.6 is 11.6 Å². The van der Waals surface area contributed by atoms with Crippen LogP contribution in [0.3, 0.4) is 0 Å². The van der Waals surface area contributed by atoms with Crippen molar-refractivity contribution in [2.45, 2.75) is 0 Å². The van der Waals surface area contributed by atoms with Gasteiger partial charge in [-0.2, -0.15) is 9.97 Å². The van der Waals surface area contributed by atoms with Gasteiger partial charge in [0.2, 0.25) is 11.8 Å². The topological polar surface area (TPSA) is 81.9 Å². The third kappa shape index (κ3) is 2.35. The van der Waals surface area contributed by atoms with Crippen molar-refractivity contribution in [3.63, 3.8) is 0 Å². The zero-order valence-corrected chi connectivity index (χ0v) is 12.6. The van der Waals surface area contributed by atoms with Gasteiger partial charge < -0.3 is 10.1 Å². The van der Waals surface area contributed by atoms with Gasteiger partial charge in [-0.15, -0.1) is 0 Å². The number of aromatic nitrogens is 4. The lowest BCUT2D eigenvalue weighted by molar-refractivity contribution is 0.396. The van der Waals surface area contributed by atoms with Crippen LogP contribution in [0.1, 0.15) is 0 Å². The van der Waals surface area contributed by atoms with Gasteiger partial charge in [0.05, 0.1) is 12.6 Å². The number of halogens is 1. The molecule has 0 saturated carbocycles. The molecule has 0 spiro atoms. The Morgan fingerprint density at radius 1 is 1.27 bits per heavy atom. The molecule has 2 heterocycles. The average molecular weight is 318 g/mol. The first kappa shape index (κ1) is 14.3. The highest BCUT2D eigenvalue weighted by Gasteiger charge is 2.14. The Morgan fingerprint density at radius 2 is 2.09 bits per heavy atom. The number of nitrogens with one attached hydrogen (secondary N) is 1. The smallest absolute Gasteiger partial charge is 0.357 e. The SMILES string of the molecule is CNc1nc(=O)n(-c2nccc(OC)n2)c2cc(Cl)ccc12. The third-order valence-electron chi connectivity index (χ3n) is 3.12. The summed E-state index contributed by atoms with van der Waals surface area (Å²) in [6.45, 7) is 0. The Kier molecular flexibility index (Phi) is 3.64. The second-order valence-corrected chi connectivity index (χ2v) is 4.83. The number of hydrogen-bond donors (Lipinski definition) is 1. The molecule has 3 aromatic rings. The maximum Gasteiger partial charge on any atom is 0.357 e. The van der Waals surface area contributed by atoms with Gasteiger partial charge in [-0.1, -0.05) is 11.6 Å². The van der Waals surface area contributed by atoms with E-state index in [1.807, 2.05) is 0 Å². The summed E-state index contributed by atoms with van der Waals surface area (Å²) in [4.78, 5) is 24.7. The van der Waals surface area contributed by atoms with Gasteiger partial charge in [-0.3, -0.25) is 0 Å². The van der Waals surface area contributed by atoms with Crippen LogP contribution < -0.4 is 15.7 Å². The molecule has 0 radical (unpaired) electrons. The molecular formula is C14H12ClN5O2. The maximum atomic E-state index is 12.4. The summed E-state index contributed by atoms with van der Waals surface area (Å²) in [5, 5.41) is 4.13. The number of rotatable bonds is 3. The molecule has 0 atom stereocenters. The van der Waals surface area contributed by atoms with Crippen LogP contribution in [-0.4, -0.2) is 33.7 Å². The lowest BCUT2D eigenvalue weighted by atomic mass is 10.2. The van der Waals surface area contributed by atoms with E-state index in [2.05, 4.69) is 20.3 Å². The molecule has 22 heavy (non-hydrogen) atoms. The Labute approximate surface area is 130 Å². The first-order chi connectivity index (χ1) is 10.6. The van der Waals surface area contributed by atoms with Gasteiger partial charge in [0, 0.05) is 29.7 Å². The van der Waals surface area contributed by atoms with Gasteiger partial charge in [-0.05, 0) is 18.2 Å². The minimum Gasteiger partial charge on any atom is -0.481 e. The van der Waals surface area contributed by atoms with E-state index in [0.29, 0.717) is 22.2 Å². The van der Waals surface area contributed by atoms with Crippen molar-refractivity contribution in [1.29, 1.82) is 0 Å². The van der Waals surface area contributed by atoms with Crippen LogP contribution in [0.4, 0.5) is 5.82 Å². The molecule has 3 rings (SSSR count). The number of fused-ring (bicyclic) bond motifs is 1. The van der Waals surface area contributed by atoms with Crippen LogP contribution in [0.25, 0.3) is 16.9 Å². The van der Waals surface area contributed by atoms with Crippen LogP contribution in [0, 0.1) is 0 Å². The van der Waals surface area contributed by atoms with Gasteiger partial charge in [-0.25, -0.2) is 14.3 Å². The van der Waals surface area contributed by atoms with Crippen LogP contribution in [0.15, 0.2) is 35.3 Å². The standard InChI is InChI=1S/C14H12ClN5O2/c1-16-12-9-4-3-8(15)7-10(9)20(14(21)19-12)13-17-6-5-11(18-13)22-2/h3-7H,1-2H3,(H,16,19,21). The minimum absolute atomic E-state index is 0.173. The fourth-order valence-electron chi connectivity index (χ4n) is 2.14. The van der Waals surface area contributed by atoms with Crippen molar-refractivity contribution < 1.29 is 4.74 Å². The van der Waals surface area contributed by atoms with Crippen LogP contribution in [0.2, 0.25) is 5.02 Å². The molecule has 7 nitrogen and oxygen atoms in total. The molecule has 0 aliphatic rings. The zero-order chi connectivity index (χ0) is 15.7. The largest absolute Gasteiger partial charge is 0.481 e. The van der Waals surface area contributed by atoms with Crippen molar-refractivity contribution in [2.24, 2.45) is 0 Å². The average Bonchev–Trinajstić information content (AvgIpc) is 2.53. The molecule has 0 amide bonds. The molecule has 8 heteroatoms. The van der Waals surface area contributed by atoms with E-state index in [0.717, 1.165) is 5.39 Å². The van der Waals surface area contributed by atoms with E-state index in [4.69, 9.17) is 16.3 Å². The summed E-state index contributed by atoms with van der Waals surface area (Å²) < 4.78 is 6.37. The molecule has 0 bridgehead atoms. The van der Waals surface area contributed by atoms with E-state index in [9.17, 15) is 4.79 Å². The second kappa shape index (κ2) is 5.61. The van der Waals surface area contributed by atoms with Crippen molar-refractivity contribution in [2.75, 3.05) is 19.5 Å². The van der Waals surface area contributed by atoms with Crippen molar-refractivity contribution in [3.05, 3.63) is 46.0 Å². The van der Waals surface area contributed by atoms with Gasteiger partial charge in [0.1, 0.15) is 5.82 Å². The summed E-state index contributed by atoms with van der Waals surface area (Å²) in [6, 6.07) is 6.78. The van der Waals surface area contributed by atoms with Gasteiger partial charge in [0.25, 0.3) is 0 Å². The monoisotopic (exact) mass is 317 g/mol. The number of anilines is 1. The molecule has 0 saturated heterocycles. The van der Waals surface area contributed by atoms with Crippen molar-refractivity contribution in [3.8, 4) is 11.8 Å². The van der Waals surface area contributed by atoms with E-state index in [1.165, 1.54) is 17.9 Å². The van der Waals surface area contributed by atoms with E-state index in [-0.39, 0.29) is 5.95 Å². The second-order valence-electron chi connectivity index (χ2n) is 4.39. The van der Waals surface area contributed by atoms with E-state index >= 15 is 0 Å². The summed E-state index contributed by atoms with van der Waals surface area (Å²) >= 11 is 6.06. The van der Waals surface area contributed by atoms with E-state index in [1.54, 1.807) is 31.3 Å². The normalized spacial score (nSPS) is 10.7. The first-order valence-electron chi connectivity index (χ1n) is 6.41. The molecule has 0 unspecified atom stereocenters. The van der Waals surface area contributed by atoms with Crippen molar-refractivity contribution in [1.82, 2.24) is 19.5 Å². The van der Waals surface area contributed by atoms with Gasteiger partial charge >= 0.3 is 5.69 Å². The highest BCUT2D eigenvalue weighted by molar-refractivity contribution is 6.31. The molecular weight excluding hydrogens is 306 g/mol. The number of hydrogen-bond acceptors (Lipinski definition) is 6. The molecule has 0 fully saturated rings. The Hall–Kier alpha value is -2.67. The van der Waals surface area contributed by atoms with Crippen LogP contribution in [0.5, 0.6) is 5.88 Å². The fraction of sp³-hybridized carbons (Fsp3) is 0.143. The summed E-state index contributed by atoms with van der Waals surface area (Å²) in [5.41, 5.74) is 0.0532. The number of nitrogens with zero attached hydrogens (tertiary/aromatic N) is 4. The highest BCUT2D eigenvalue weighted by atomic mass is 35.5. The molecule has 1 N–H and O–H groups in total. The molecule has 1 aromatic carbocycles. The number of benzene rings is 1. The van der Waals surface area contributed by atoms with Crippen molar-refractivity contribution >= 4 is 28.3 Å². The highest BCUT2D eigenvalue weighted by Crippen LogP contribution is 2.24. The Balaban J connectivity index is 2.40. The lowest BCUT2D eigenvalue weighted by Crippen LogP contribution is -2.24. The number of methoxy groups -OCH3 is 1. The molecule has 0 aliphatic carbocycles. The lowest BCUT2D eigenvalue weighted by Gasteiger charge is -2.11. The Bertz CT molecular complexity index is 909. The van der Waals surface area contributed by atoms with Gasteiger partial charge in [0.15, 0.2) is 0 Å². The van der Waals surface area contributed by atoms with E-state index < -0.39 is 5.69 Å². The predicted molar refractivity (Wildman–Crippen MR) is 84.0 cm³/mol. The zero-order valence-electron chi connectivity index (χ0n) is 11.9.